The summed E-state index contributed by atoms with van der Waals surface area (Å²) in [4.78, 5) is 10.4. The van der Waals surface area contributed by atoms with Gasteiger partial charge in [-0.3, -0.25) is 0 Å². The van der Waals surface area contributed by atoms with Gasteiger partial charge in [0.15, 0.2) is 0 Å². The molecule has 0 aliphatic heterocycles. The van der Waals surface area contributed by atoms with Crippen molar-refractivity contribution in [3.63, 3.8) is 0 Å². The summed E-state index contributed by atoms with van der Waals surface area (Å²) < 4.78 is 0. The molecule has 0 fully saturated rings. The van der Waals surface area contributed by atoms with Gasteiger partial charge in [-0.2, -0.15) is 0 Å². The predicted octanol–water partition coefficient (Wildman–Crippen LogP) is 2.12. The van der Waals surface area contributed by atoms with Gasteiger partial charge in [-0.1, -0.05) is 17.7 Å². The topological polar surface area (TPSA) is 52.9 Å². The van der Waals surface area contributed by atoms with Crippen molar-refractivity contribution in [1.29, 1.82) is 0 Å². The molecule has 0 aliphatic carbocycles. The first-order valence-corrected chi connectivity index (χ1v) is 3.69. The molecule has 2 N–H and O–H groups in total. The zero-order chi connectivity index (χ0) is 9.14. The van der Waals surface area contributed by atoms with E-state index >= 15 is 0 Å². The number of anilines is 1. The molecule has 0 bridgehead atoms. The van der Waals surface area contributed by atoms with Crippen LogP contribution in [0.3, 0.4) is 0 Å². The molecule has 0 aliphatic rings. The second-order valence-corrected chi connectivity index (χ2v) is 2.77. The van der Waals surface area contributed by atoms with E-state index in [4.69, 9.17) is 5.73 Å². The molecule has 12 heavy (non-hydrogen) atoms. The SMILES string of the molecule is Cc1ccc(NC([NH])=O)c(C)c1. The summed E-state index contributed by atoms with van der Waals surface area (Å²) >= 11 is 0. The molecule has 1 aromatic carbocycles. The van der Waals surface area contributed by atoms with Crippen LogP contribution in [0, 0.1) is 13.8 Å². The third-order valence-corrected chi connectivity index (χ3v) is 1.63. The molecule has 3 heteroatoms. The minimum Gasteiger partial charge on any atom is -0.306 e. The molecule has 0 aromatic heterocycles. The Balaban J connectivity index is 2.93. The Bertz CT molecular complexity index is 307. The quantitative estimate of drug-likeness (QED) is 0.677. The van der Waals surface area contributed by atoms with Crippen LogP contribution in [0.4, 0.5) is 10.5 Å². The summed E-state index contributed by atoms with van der Waals surface area (Å²) in [5.41, 5.74) is 9.55. The van der Waals surface area contributed by atoms with Crippen molar-refractivity contribution in [2.75, 3.05) is 5.32 Å². The monoisotopic (exact) mass is 163 g/mol. The average molecular weight is 163 g/mol. The van der Waals surface area contributed by atoms with E-state index in [1.165, 1.54) is 0 Å². The van der Waals surface area contributed by atoms with Gasteiger partial charge in [-0.05, 0) is 25.5 Å². The molecule has 3 nitrogen and oxygen atoms in total. The van der Waals surface area contributed by atoms with Crippen molar-refractivity contribution >= 4 is 11.7 Å². The minimum atomic E-state index is -0.776. The lowest BCUT2D eigenvalue weighted by Crippen LogP contribution is -2.10. The highest BCUT2D eigenvalue weighted by Gasteiger charge is 1.99. The number of hydrogen-bond acceptors (Lipinski definition) is 1. The highest BCUT2D eigenvalue weighted by atomic mass is 16.2. The van der Waals surface area contributed by atoms with E-state index in [1.807, 2.05) is 26.0 Å². The lowest BCUT2D eigenvalue weighted by atomic mass is 10.1. The maximum absolute atomic E-state index is 10.4. The van der Waals surface area contributed by atoms with Crippen molar-refractivity contribution < 1.29 is 4.79 Å². The van der Waals surface area contributed by atoms with Crippen LogP contribution in [0.5, 0.6) is 0 Å². The molecule has 1 rings (SSSR count). The van der Waals surface area contributed by atoms with Crippen LogP contribution in [-0.2, 0) is 0 Å². The molecule has 0 heterocycles. The van der Waals surface area contributed by atoms with E-state index in [1.54, 1.807) is 6.07 Å². The van der Waals surface area contributed by atoms with Gasteiger partial charge in [0.1, 0.15) is 0 Å². The molecule has 0 saturated heterocycles. The fourth-order valence-corrected chi connectivity index (χ4v) is 1.08. The van der Waals surface area contributed by atoms with Gasteiger partial charge in [-0.25, -0.2) is 10.5 Å². The lowest BCUT2D eigenvalue weighted by molar-refractivity contribution is 0.258. The zero-order valence-electron chi connectivity index (χ0n) is 7.14. The van der Waals surface area contributed by atoms with Crippen molar-refractivity contribution in [2.45, 2.75) is 13.8 Å². The molecule has 0 saturated carbocycles. The molecule has 0 spiro atoms. The van der Waals surface area contributed by atoms with Crippen LogP contribution in [0.2, 0.25) is 0 Å². The van der Waals surface area contributed by atoms with E-state index in [2.05, 4.69) is 5.32 Å². The number of aryl methyl sites for hydroxylation is 2. The number of benzene rings is 1. The molecule has 2 amide bonds. The van der Waals surface area contributed by atoms with Gasteiger partial charge in [0, 0.05) is 5.69 Å². The summed E-state index contributed by atoms with van der Waals surface area (Å²) in [7, 11) is 0. The third kappa shape index (κ3) is 1.99. The van der Waals surface area contributed by atoms with E-state index in [0.29, 0.717) is 5.69 Å². The van der Waals surface area contributed by atoms with Crippen LogP contribution < -0.4 is 11.1 Å². The summed E-state index contributed by atoms with van der Waals surface area (Å²) in [6.07, 6.45) is 0. The maximum atomic E-state index is 10.4. The Morgan fingerprint density at radius 1 is 1.42 bits per heavy atom. The molecule has 63 valence electrons. The van der Waals surface area contributed by atoms with Crippen LogP contribution in [0.25, 0.3) is 0 Å². The molecular weight excluding hydrogens is 152 g/mol. The van der Waals surface area contributed by atoms with Gasteiger partial charge in [0.05, 0.1) is 0 Å². The van der Waals surface area contributed by atoms with Crippen molar-refractivity contribution in [3.05, 3.63) is 29.3 Å². The fraction of sp³-hybridized carbons (Fsp3) is 0.222. The standard InChI is InChI=1S/C9H11N2O/c1-6-3-4-8(7(2)5-6)11-9(10)12/h3-5,10H,1-2H3,(H,11,12). The maximum Gasteiger partial charge on any atom is 0.337 e. The largest absolute Gasteiger partial charge is 0.337 e. The van der Waals surface area contributed by atoms with Gasteiger partial charge in [-0.15, -0.1) is 0 Å². The third-order valence-electron chi connectivity index (χ3n) is 1.63. The summed E-state index contributed by atoms with van der Waals surface area (Å²) in [6.45, 7) is 3.89. The zero-order valence-corrected chi connectivity index (χ0v) is 7.14. The normalized spacial score (nSPS) is 9.50. The van der Waals surface area contributed by atoms with E-state index in [-0.39, 0.29) is 0 Å². The minimum absolute atomic E-state index is 0.709. The predicted molar refractivity (Wildman–Crippen MR) is 48.0 cm³/mol. The number of carbonyl (C=O) groups excluding carboxylic acids is 1. The molecular formula is C9H11N2O. The van der Waals surface area contributed by atoms with Crippen LogP contribution in [0.1, 0.15) is 11.1 Å². The van der Waals surface area contributed by atoms with Crippen LogP contribution in [-0.4, -0.2) is 6.03 Å². The number of carbonyl (C=O) groups is 1. The second-order valence-electron chi connectivity index (χ2n) is 2.77. The van der Waals surface area contributed by atoms with Crippen LogP contribution in [0.15, 0.2) is 18.2 Å². The molecule has 1 radical (unpaired) electrons. The Morgan fingerprint density at radius 2 is 2.08 bits per heavy atom. The number of amides is 2. The van der Waals surface area contributed by atoms with Gasteiger partial charge in [0.2, 0.25) is 0 Å². The van der Waals surface area contributed by atoms with Gasteiger partial charge < -0.3 is 5.32 Å². The summed E-state index contributed by atoms with van der Waals surface area (Å²) in [6, 6.07) is 4.89. The number of urea groups is 1. The van der Waals surface area contributed by atoms with E-state index in [0.717, 1.165) is 11.1 Å². The molecule has 0 unspecified atom stereocenters. The lowest BCUT2D eigenvalue weighted by Gasteiger charge is -2.05. The molecule has 1 aromatic rings. The van der Waals surface area contributed by atoms with Crippen molar-refractivity contribution in [2.24, 2.45) is 0 Å². The molecule has 0 atom stereocenters. The summed E-state index contributed by atoms with van der Waals surface area (Å²) in [5, 5.41) is 2.43. The van der Waals surface area contributed by atoms with E-state index in [9.17, 15) is 4.79 Å². The Labute approximate surface area is 71.6 Å². The number of nitrogens with one attached hydrogen (secondary N) is 2. The second kappa shape index (κ2) is 3.26. The Hall–Kier alpha value is -1.51. The van der Waals surface area contributed by atoms with Crippen LogP contribution >= 0.6 is 0 Å². The first-order chi connectivity index (χ1) is 5.59. The Morgan fingerprint density at radius 3 is 2.58 bits per heavy atom. The van der Waals surface area contributed by atoms with Crippen molar-refractivity contribution in [1.82, 2.24) is 5.73 Å². The number of hydrogen-bond donors (Lipinski definition) is 1. The van der Waals surface area contributed by atoms with Gasteiger partial charge >= 0.3 is 6.03 Å². The number of rotatable bonds is 1. The van der Waals surface area contributed by atoms with E-state index < -0.39 is 6.03 Å². The highest BCUT2D eigenvalue weighted by Crippen LogP contribution is 2.15. The highest BCUT2D eigenvalue weighted by molar-refractivity contribution is 5.88. The van der Waals surface area contributed by atoms with Gasteiger partial charge in [0.25, 0.3) is 0 Å². The average Bonchev–Trinajstić information content (AvgIpc) is 1.94. The first-order valence-electron chi connectivity index (χ1n) is 3.69. The smallest absolute Gasteiger partial charge is 0.306 e. The first kappa shape index (κ1) is 8.59. The Kier molecular flexibility index (Phi) is 2.33. The summed E-state index contributed by atoms with van der Waals surface area (Å²) in [5.74, 6) is 0. The fourth-order valence-electron chi connectivity index (χ4n) is 1.08. The van der Waals surface area contributed by atoms with Crippen molar-refractivity contribution in [3.8, 4) is 0 Å².